The van der Waals surface area contributed by atoms with Crippen molar-refractivity contribution in [3.05, 3.63) is 0 Å². The number of carbonyl (C=O) groups excluding carboxylic acids is 2. The highest BCUT2D eigenvalue weighted by Gasteiger charge is 2.17. The van der Waals surface area contributed by atoms with E-state index < -0.39 is 11.6 Å². The van der Waals surface area contributed by atoms with Crippen LogP contribution in [0.1, 0.15) is 27.2 Å². The molecule has 0 spiro atoms. The average molecular weight is 284 g/mol. The van der Waals surface area contributed by atoms with Crippen molar-refractivity contribution in [1.82, 2.24) is 0 Å². The molecule has 0 saturated heterocycles. The first kappa shape index (κ1) is 11.9. The number of halogens is 1. The molecule has 0 atom stereocenters. The predicted octanol–water partition coefficient (Wildman–Crippen LogP) is 1.72. The molecule has 0 aromatic heterocycles. The van der Waals surface area contributed by atoms with E-state index in [1.165, 1.54) is 0 Å². The zero-order valence-corrected chi connectivity index (χ0v) is 9.67. The number of carbonyl (C=O) groups is 2. The summed E-state index contributed by atoms with van der Waals surface area (Å²) in [7, 11) is 0. The van der Waals surface area contributed by atoms with Crippen molar-refractivity contribution in [3.8, 4) is 0 Å². The number of esters is 1. The largest absolute Gasteiger partial charge is 0.460 e. The van der Waals surface area contributed by atoms with E-state index in [-0.39, 0.29) is 12.2 Å². The van der Waals surface area contributed by atoms with Crippen LogP contribution in [0.5, 0.6) is 0 Å². The summed E-state index contributed by atoms with van der Waals surface area (Å²) in [5, 5.41) is 0. The van der Waals surface area contributed by atoms with Crippen molar-refractivity contribution in [2.24, 2.45) is 0 Å². The van der Waals surface area contributed by atoms with Crippen LogP contribution in [0.15, 0.2) is 0 Å². The Kier molecular flexibility index (Phi) is 4.74. The summed E-state index contributed by atoms with van der Waals surface area (Å²) < 4.78 is 5.31. The van der Waals surface area contributed by atoms with Crippen LogP contribution in [0.3, 0.4) is 0 Å². The molecule has 0 rings (SSSR count). The van der Waals surface area contributed by atoms with Gasteiger partial charge in [-0.3, -0.25) is 9.59 Å². The van der Waals surface area contributed by atoms with Crippen LogP contribution in [0.25, 0.3) is 0 Å². The van der Waals surface area contributed by atoms with E-state index in [4.69, 9.17) is 4.74 Å². The Bertz CT molecular complexity index is 181. The van der Waals surface area contributed by atoms with Crippen LogP contribution in [-0.2, 0) is 14.3 Å². The number of Topliss-reactive ketones (excluding diaryl/α,β-unsaturated/α-hetero) is 1. The van der Waals surface area contributed by atoms with Gasteiger partial charge in [-0.25, -0.2) is 0 Å². The molecule has 12 heavy (non-hydrogen) atoms. The summed E-state index contributed by atoms with van der Waals surface area (Å²) in [4.78, 5) is 21.8. The molecule has 0 aliphatic heterocycles. The molecule has 0 heterocycles. The first-order chi connectivity index (χ1) is 5.35. The van der Waals surface area contributed by atoms with Gasteiger partial charge in [-0.1, -0.05) is 22.6 Å². The van der Waals surface area contributed by atoms with Crippen LogP contribution in [0, 0.1) is 0 Å². The van der Waals surface area contributed by atoms with E-state index in [1.54, 1.807) is 20.8 Å². The first-order valence-electron chi connectivity index (χ1n) is 3.64. The summed E-state index contributed by atoms with van der Waals surface area (Å²) in [6, 6.07) is 0. The molecule has 0 radical (unpaired) electrons. The Labute approximate surface area is 86.0 Å². The van der Waals surface area contributed by atoms with Crippen molar-refractivity contribution >= 4 is 34.3 Å². The van der Waals surface area contributed by atoms with E-state index in [0.717, 1.165) is 0 Å². The summed E-state index contributed by atoms with van der Waals surface area (Å²) in [6.45, 7) is 5.33. The number of rotatable bonds is 3. The Balaban J connectivity index is 3.83. The molecule has 0 unspecified atom stereocenters. The van der Waals surface area contributed by atoms with Crippen molar-refractivity contribution in [3.63, 3.8) is 0 Å². The van der Waals surface area contributed by atoms with Gasteiger partial charge >= 0.3 is 5.97 Å². The van der Waals surface area contributed by atoms with Crippen LogP contribution >= 0.6 is 22.6 Å². The van der Waals surface area contributed by atoms with Crippen molar-refractivity contribution < 1.29 is 14.3 Å². The number of ether oxygens (including phenoxy) is 1. The summed E-state index contributed by atoms with van der Waals surface area (Å²) in [5.41, 5.74) is -0.497. The lowest BCUT2D eigenvalue weighted by molar-refractivity contribution is -0.155. The Morgan fingerprint density at radius 1 is 1.33 bits per heavy atom. The van der Waals surface area contributed by atoms with Gasteiger partial charge in [0.2, 0.25) is 0 Å². The molecule has 3 nitrogen and oxygen atoms in total. The van der Waals surface area contributed by atoms with Gasteiger partial charge in [-0.2, -0.15) is 0 Å². The van der Waals surface area contributed by atoms with Gasteiger partial charge in [-0.15, -0.1) is 0 Å². The van der Waals surface area contributed by atoms with Gasteiger partial charge in [0.15, 0.2) is 5.78 Å². The maximum Gasteiger partial charge on any atom is 0.313 e. The molecule has 4 heteroatoms. The third-order valence-electron chi connectivity index (χ3n) is 0.911. The molecule has 0 saturated carbocycles. The summed E-state index contributed by atoms with van der Waals surface area (Å²) >= 11 is 1.93. The minimum Gasteiger partial charge on any atom is -0.460 e. The quantitative estimate of drug-likeness (QED) is 0.343. The van der Waals surface area contributed by atoms with E-state index in [9.17, 15) is 9.59 Å². The second-order valence-corrected chi connectivity index (χ2v) is 4.20. The van der Waals surface area contributed by atoms with Crippen LogP contribution in [0.4, 0.5) is 0 Å². The highest BCUT2D eigenvalue weighted by molar-refractivity contribution is 14.1. The lowest BCUT2D eigenvalue weighted by Gasteiger charge is -2.18. The van der Waals surface area contributed by atoms with Crippen LogP contribution in [-0.4, -0.2) is 21.8 Å². The molecule has 70 valence electrons. The topological polar surface area (TPSA) is 43.4 Å². The molecular weight excluding hydrogens is 271 g/mol. The maximum absolute atomic E-state index is 11.0. The van der Waals surface area contributed by atoms with Gasteiger partial charge in [0.05, 0.1) is 4.43 Å². The van der Waals surface area contributed by atoms with Gasteiger partial charge in [0, 0.05) is 0 Å². The van der Waals surface area contributed by atoms with Gasteiger partial charge in [0.25, 0.3) is 0 Å². The van der Waals surface area contributed by atoms with Crippen molar-refractivity contribution in [2.45, 2.75) is 32.8 Å². The van der Waals surface area contributed by atoms with Crippen LogP contribution in [0.2, 0.25) is 0 Å². The lowest BCUT2D eigenvalue weighted by Crippen LogP contribution is -2.25. The smallest absolute Gasteiger partial charge is 0.313 e. The summed E-state index contributed by atoms with van der Waals surface area (Å²) in [5.74, 6) is -0.533. The second-order valence-electron chi connectivity index (χ2n) is 3.44. The molecule has 0 aliphatic rings. The normalized spacial score (nSPS) is 11.0. The highest BCUT2D eigenvalue weighted by Crippen LogP contribution is 2.08. The van der Waals surface area contributed by atoms with Crippen LogP contribution < -0.4 is 0 Å². The minimum atomic E-state index is -0.497. The highest BCUT2D eigenvalue weighted by atomic mass is 127. The van der Waals surface area contributed by atoms with E-state index in [0.29, 0.717) is 4.43 Å². The number of ketones is 1. The molecule has 0 bridgehead atoms. The Hall–Kier alpha value is -0.130. The molecule has 0 aliphatic carbocycles. The average Bonchev–Trinajstić information content (AvgIpc) is 1.82. The number of alkyl halides is 1. The van der Waals surface area contributed by atoms with E-state index >= 15 is 0 Å². The fraction of sp³-hybridized carbons (Fsp3) is 0.750. The van der Waals surface area contributed by atoms with Crippen molar-refractivity contribution in [1.29, 1.82) is 0 Å². The first-order valence-corrected chi connectivity index (χ1v) is 5.17. The van der Waals surface area contributed by atoms with Gasteiger partial charge in [-0.05, 0) is 20.8 Å². The lowest BCUT2D eigenvalue weighted by atomic mass is 10.2. The molecule has 0 aromatic rings. The minimum absolute atomic E-state index is 0.0927. The predicted molar refractivity (Wildman–Crippen MR) is 54.4 cm³/mol. The van der Waals surface area contributed by atoms with Gasteiger partial charge < -0.3 is 4.74 Å². The zero-order chi connectivity index (χ0) is 9.78. The number of hydrogen-bond donors (Lipinski definition) is 0. The molecule has 0 fully saturated rings. The fourth-order valence-corrected chi connectivity index (χ4v) is 0.856. The summed E-state index contributed by atoms with van der Waals surface area (Å²) in [6.07, 6.45) is -0.111. The Morgan fingerprint density at radius 3 is 2.17 bits per heavy atom. The van der Waals surface area contributed by atoms with E-state index in [2.05, 4.69) is 0 Å². The number of hydrogen-bond acceptors (Lipinski definition) is 3. The maximum atomic E-state index is 11.0. The van der Waals surface area contributed by atoms with Gasteiger partial charge in [0.1, 0.15) is 12.0 Å². The second kappa shape index (κ2) is 4.79. The van der Waals surface area contributed by atoms with Crippen molar-refractivity contribution in [2.75, 3.05) is 4.43 Å². The standard InChI is InChI=1S/C8H13IO3/c1-8(2,3)12-7(11)4-6(10)5-9/h4-5H2,1-3H3. The monoisotopic (exact) mass is 284 g/mol. The molecular formula is C8H13IO3. The molecule has 0 amide bonds. The third-order valence-corrected chi connectivity index (χ3v) is 1.76. The molecule has 0 aromatic carbocycles. The SMILES string of the molecule is CC(C)(C)OC(=O)CC(=O)CI. The molecule has 0 N–H and O–H groups in total. The van der Waals surface area contributed by atoms with E-state index in [1.807, 2.05) is 22.6 Å². The fourth-order valence-electron chi connectivity index (χ4n) is 0.586. The zero-order valence-electron chi connectivity index (χ0n) is 7.52. The third kappa shape index (κ3) is 6.57. The Morgan fingerprint density at radius 2 is 1.83 bits per heavy atom.